The van der Waals surface area contributed by atoms with E-state index in [9.17, 15) is 0 Å². The Morgan fingerprint density at radius 1 is 0.292 bits per heavy atom. The van der Waals surface area contributed by atoms with Crippen LogP contribution < -0.4 is 4.90 Å². The van der Waals surface area contributed by atoms with Gasteiger partial charge in [0.2, 0.25) is 0 Å². The molecule has 0 N–H and O–H groups in total. The first-order chi connectivity index (χ1) is 35.7. The molecule has 0 unspecified atom stereocenters. The molecule has 11 aromatic carbocycles. The second-order valence-electron chi connectivity index (χ2n) is 18.5. The van der Waals surface area contributed by atoms with Gasteiger partial charge >= 0.3 is 0 Å². The van der Waals surface area contributed by atoms with E-state index in [2.05, 4.69) is 264 Å². The van der Waals surface area contributed by atoms with Crippen molar-refractivity contribution in [3.8, 4) is 84.2 Å². The summed E-state index contributed by atoms with van der Waals surface area (Å²) in [5.74, 6) is 0.696. The van der Waals surface area contributed by atoms with Gasteiger partial charge in [-0.2, -0.15) is 0 Å². The van der Waals surface area contributed by atoms with Crippen LogP contribution in [-0.4, -0.2) is 14.5 Å². The number of fused-ring (bicyclic) bond motifs is 10. The zero-order valence-corrected chi connectivity index (χ0v) is 39.2. The van der Waals surface area contributed by atoms with Gasteiger partial charge < -0.3 is 9.47 Å². The Kier molecular flexibility index (Phi) is 9.82. The van der Waals surface area contributed by atoms with Crippen molar-refractivity contribution in [1.29, 1.82) is 0 Å². The summed E-state index contributed by atoms with van der Waals surface area (Å²) in [6.07, 6.45) is 0. The summed E-state index contributed by atoms with van der Waals surface area (Å²) in [6.45, 7) is 0. The topological polar surface area (TPSA) is 34.0 Å². The average Bonchev–Trinajstić information content (AvgIpc) is 3.74. The highest BCUT2D eigenvalue weighted by Crippen LogP contribution is 2.55. The maximum atomic E-state index is 5.11. The van der Waals surface area contributed by atoms with E-state index in [0.717, 1.165) is 67.4 Å². The average molecular weight is 917 g/mol. The van der Waals surface area contributed by atoms with Crippen LogP contribution in [0.1, 0.15) is 0 Å². The first kappa shape index (κ1) is 41.3. The minimum Gasteiger partial charge on any atom is -0.309 e. The molecule has 0 saturated heterocycles. The standard InChI is InChI=1S/C68H44N4/c1-3-19-47(20-4-1)60-44-61(48-21-5-2-6-22-48)70-68(69-60)52-26-17-24-49(41-52)45-37-39-46(40-38-45)50-25-18-27-53(42-50)71-62-34-14-11-31-57(62)66-58-32-12-15-35-63(58)72(67(66)59-33-13-16-36-64(59)71)65-43-51-23-7-8-28-54(51)55-29-9-10-30-56(55)65/h1-44H. The maximum Gasteiger partial charge on any atom is 0.160 e. The number of aromatic nitrogens is 3. The highest BCUT2D eigenvalue weighted by Gasteiger charge is 2.32. The summed E-state index contributed by atoms with van der Waals surface area (Å²) >= 11 is 0. The van der Waals surface area contributed by atoms with Crippen molar-refractivity contribution in [2.45, 2.75) is 0 Å². The number of nitrogens with zero attached hydrogens (tertiary/aromatic N) is 4. The van der Waals surface area contributed by atoms with E-state index in [0.29, 0.717) is 5.82 Å². The van der Waals surface area contributed by atoms with Crippen molar-refractivity contribution in [3.63, 3.8) is 0 Å². The third-order valence-corrected chi connectivity index (χ3v) is 14.3. The lowest BCUT2D eigenvalue weighted by molar-refractivity contribution is 1.15. The lowest BCUT2D eigenvalue weighted by atomic mass is 9.97. The summed E-state index contributed by atoms with van der Waals surface area (Å²) in [6, 6.07) is 96.1. The molecule has 4 heteroatoms. The van der Waals surface area contributed by atoms with Crippen LogP contribution in [0.15, 0.2) is 267 Å². The van der Waals surface area contributed by atoms with E-state index >= 15 is 0 Å². The second kappa shape index (κ2) is 17.1. The number of hydrogen-bond donors (Lipinski definition) is 0. The molecule has 0 atom stereocenters. The molecular weight excluding hydrogens is 873 g/mol. The van der Waals surface area contributed by atoms with Crippen LogP contribution in [-0.2, 0) is 0 Å². The molecule has 13 aromatic rings. The predicted molar refractivity (Wildman–Crippen MR) is 300 cm³/mol. The molecule has 3 heterocycles. The first-order valence-corrected chi connectivity index (χ1v) is 24.6. The Bertz CT molecular complexity index is 4150. The second-order valence-corrected chi connectivity index (χ2v) is 18.5. The SMILES string of the molecule is c1ccc(-c2cc(-c3ccccc3)nc(-c3cccc(-c4ccc(-c5cccc(N6c7ccccc7-c7c(n(-c8cc9ccccc9c9ccccc89)c8ccccc78)-c7ccccc76)c5)cc4)c3)n2)cc1. The summed E-state index contributed by atoms with van der Waals surface area (Å²) < 4.78 is 2.53. The maximum absolute atomic E-state index is 5.11. The van der Waals surface area contributed by atoms with E-state index in [1.807, 2.05) is 12.1 Å². The van der Waals surface area contributed by atoms with Crippen LogP contribution in [0.2, 0.25) is 0 Å². The molecule has 0 saturated carbocycles. The molecule has 4 nitrogen and oxygen atoms in total. The number of anilines is 3. The molecule has 1 aliphatic rings. The van der Waals surface area contributed by atoms with Crippen LogP contribution in [0.25, 0.3) is 117 Å². The van der Waals surface area contributed by atoms with Crippen LogP contribution in [0.3, 0.4) is 0 Å². The van der Waals surface area contributed by atoms with Crippen molar-refractivity contribution in [1.82, 2.24) is 14.5 Å². The Morgan fingerprint density at radius 3 is 1.51 bits per heavy atom. The fraction of sp³-hybridized carbons (Fsp3) is 0. The lowest BCUT2D eigenvalue weighted by Crippen LogP contribution is -2.11. The number of para-hydroxylation sites is 3. The third-order valence-electron chi connectivity index (χ3n) is 14.3. The number of rotatable bonds is 7. The Hall–Kier alpha value is -9.64. The molecule has 0 radical (unpaired) electrons. The number of hydrogen-bond acceptors (Lipinski definition) is 3. The van der Waals surface area contributed by atoms with E-state index in [-0.39, 0.29) is 0 Å². The van der Waals surface area contributed by atoms with Crippen molar-refractivity contribution >= 4 is 49.5 Å². The monoisotopic (exact) mass is 916 g/mol. The minimum absolute atomic E-state index is 0.696. The fourth-order valence-corrected chi connectivity index (χ4v) is 11.0. The van der Waals surface area contributed by atoms with Gasteiger partial charge in [0.15, 0.2) is 5.82 Å². The largest absolute Gasteiger partial charge is 0.309 e. The normalized spacial score (nSPS) is 11.9. The molecule has 2 aromatic heterocycles. The van der Waals surface area contributed by atoms with Crippen molar-refractivity contribution in [2.75, 3.05) is 4.90 Å². The van der Waals surface area contributed by atoms with Crippen LogP contribution >= 0.6 is 0 Å². The highest BCUT2D eigenvalue weighted by molar-refractivity contribution is 6.16. The molecule has 0 aliphatic carbocycles. The molecule has 336 valence electrons. The van der Waals surface area contributed by atoms with Crippen molar-refractivity contribution < 1.29 is 0 Å². The first-order valence-electron chi connectivity index (χ1n) is 24.6. The quantitative estimate of drug-likeness (QED) is 0.149. The lowest BCUT2D eigenvalue weighted by Gasteiger charge is -2.28. The van der Waals surface area contributed by atoms with Crippen molar-refractivity contribution in [2.24, 2.45) is 0 Å². The Balaban J connectivity index is 0.864. The van der Waals surface area contributed by atoms with E-state index in [1.165, 1.54) is 60.5 Å². The summed E-state index contributed by atoms with van der Waals surface area (Å²) in [4.78, 5) is 12.7. The van der Waals surface area contributed by atoms with E-state index in [1.54, 1.807) is 0 Å². The predicted octanol–water partition coefficient (Wildman–Crippen LogP) is 18.2. The molecule has 0 bridgehead atoms. The van der Waals surface area contributed by atoms with Crippen LogP contribution in [0, 0.1) is 0 Å². The van der Waals surface area contributed by atoms with E-state index < -0.39 is 0 Å². The number of benzene rings is 11. The smallest absolute Gasteiger partial charge is 0.160 e. The van der Waals surface area contributed by atoms with Gasteiger partial charge in [0.25, 0.3) is 0 Å². The zero-order chi connectivity index (χ0) is 47.5. The Labute approximate surface area is 418 Å². The third kappa shape index (κ3) is 6.92. The van der Waals surface area contributed by atoms with Gasteiger partial charge in [-0.3, -0.25) is 0 Å². The Morgan fingerprint density at radius 2 is 0.806 bits per heavy atom. The van der Waals surface area contributed by atoms with Gasteiger partial charge in [-0.25, -0.2) is 9.97 Å². The van der Waals surface area contributed by atoms with Crippen molar-refractivity contribution in [3.05, 3.63) is 267 Å². The fourth-order valence-electron chi connectivity index (χ4n) is 11.0. The minimum atomic E-state index is 0.696. The molecule has 0 amide bonds. The van der Waals surface area contributed by atoms with Gasteiger partial charge in [-0.05, 0) is 86.9 Å². The molecule has 14 rings (SSSR count). The van der Waals surface area contributed by atoms with Crippen LogP contribution in [0.5, 0.6) is 0 Å². The zero-order valence-electron chi connectivity index (χ0n) is 39.2. The summed E-state index contributed by atoms with van der Waals surface area (Å²) in [5.41, 5.74) is 19.9. The molecular formula is C68H44N4. The van der Waals surface area contributed by atoms with Gasteiger partial charge in [0.1, 0.15) is 0 Å². The molecule has 72 heavy (non-hydrogen) atoms. The molecule has 0 spiro atoms. The van der Waals surface area contributed by atoms with Gasteiger partial charge in [-0.1, -0.05) is 218 Å². The summed E-state index contributed by atoms with van der Waals surface area (Å²) in [7, 11) is 0. The molecule has 0 fully saturated rings. The van der Waals surface area contributed by atoms with Gasteiger partial charge in [0.05, 0.1) is 39.7 Å². The van der Waals surface area contributed by atoms with Crippen LogP contribution in [0.4, 0.5) is 17.1 Å². The van der Waals surface area contributed by atoms with Gasteiger partial charge in [-0.15, -0.1) is 0 Å². The summed E-state index contributed by atoms with van der Waals surface area (Å²) in [5, 5.41) is 6.17. The molecule has 1 aliphatic heterocycles. The highest BCUT2D eigenvalue weighted by atomic mass is 15.2. The van der Waals surface area contributed by atoms with E-state index in [4.69, 9.17) is 9.97 Å². The van der Waals surface area contributed by atoms with Gasteiger partial charge in [0, 0.05) is 49.8 Å².